The summed E-state index contributed by atoms with van der Waals surface area (Å²) in [4.78, 5) is 15.2. The van der Waals surface area contributed by atoms with Crippen LogP contribution in [0, 0.1) is 0 Å². The van der Waals surface area contributed by atoms with Crippen LogP contribution in [-0.4, -0.2) is 73.2 Å². The number of primary amides is 1. The number of nitrogens with one attached hydrogen (secondary N) is 1. The molecule has 0 spiro atoms. The number of aromatic nitrogens is 2. The first-order valence-corrected chi connectivity index (χ1v) is 13.2. The number of thiophene rings is 1. The van der Waals surface area contributed by atoms with Gasteiger partial charge in [-0.05, 0) is 69.0 Å². The summed E-state index contributed by atoms with van der Waals surface area (Å²) in [5.74, 6) is -0.188. The zero-order chi connectivity index (χ0) is 22.9. The van der Waals surface area contributed by atoms with Crippen LogP contribution in [0.5, 0.6) is 0 Å². The summed E-state index contributed by atoms with van der Waals surface area (Å²) in [7, 11) is 0.643. The van der Waals surface area contributed by atoms with Gasteiger partial charge in [-0.15, -0.1) is 11.3 Å². The van der Waals surface area contributed by atoms with Crippen LogP contribution >= 0.6 is 11.3 Å². The molecule has 8 nitrogen and oxygen atoms in total. The topological polar surface area (TPSA) is 112 Å². The molecule has 1 amide bonds. The van der Waals surface area contributed by atoms with E-state index >= 15 is 0 Å². The molecule has 0 saturated carbocycles. The van der Waals surface area contributed by atoms with Gasteiger partial charge in [-0.25, -0.2) is 12.7 Å². The van der Waals surface area contributed by atoms with Crippen molar-refractivity contribution in [2.45, 2.75) is 25.2 Å². The molecule has 1 saturated heterocycles. The van der Waals surface area contributed by atoms with Crippen molar-refractivity contribution in [2.75, 3.05) is 39.5 Å². The highest BCUT2D eigenvalue weighted by atomic mass is 32.2. The number of amides is 1. The first kappa shape index (κ1) is 22.9. The molecule has 172 valence electrons. The highest BCUT2D eigenvalue weighted by molar-refractivity contribution is 7.89. The fourth-order valence-corrected chi connectivity index (χ4v) is 6.57. The number of H-pyrrole nitrogens is 1. The van der Waals surface area contributed by atoms with Gasteiger partial charge < -0.3 is 10.6 Å². The van der Waals surface area contributed by atoms with Crippen molar-refractivity contribution in [2.24, 2.45) is 5.73 Å². The Balaban J connectivity index is 1.56. The molecule has 0 bridgehead atoms. The highest BCUT2D eigenvalue weighted by Crippen LogP contribution is 2.36. The van der Waals surface area contributed by atoms with E-state index in [0.29, 0.717) is 43.4 Å². The lowest BCUT2D eigenvalue weighted by Crippen LogP contribution is -2.39. The Morgan fingerprint density at radius 2 is 2.06 bits per heavy atom. The van der Waals surface area contributed by atoms with Gasteiger partial charge in [0.15, 0.2) is 0 Å². The standard InChI is InChI=1S/C22H29N5O3S2/c1-26(2)8-4-12-32(29,30)27-9-6-15(7-10-27)20-17-13-16(19-5-3-11-31-19)14-18(22(23)28)21(17)25-24-20/h3,5,11,13-15H,4,6-10,12H2,1-2H3,(H2,23,28)(H,24,25). The summed E-state index contributed by atoms with van der Waals surface area (Å²) in [6, 6.07) is 7.83. The molecule has 1 aliphatic rings. The van der Waals surface area contributed by atoms with Crippen molar-refractivity contribution >= 4 is 38.2 Å². The Bertz CT molecular complexity index is 1190. The minimum Gasteiger partial charge on any atom is -0.366 e. The third-order valence-corrected chi connectivity index (χ3v) is 8.90. The Morgan fingerprint density at radius 3 is 2.69 bits per heavy atom. The highest BCUT2D eigenvalue weighted by Gasteiger charge is 2.30. The summed E-state index contributed by atoms with van der Waals surface area (Å²) < 4.78 is 27.0. The van der Waals surface area contributed by atoms with Crippen LogP contribution in [0.4, 0.5) is 0 Å². The second-order valence-corrected chi connectivity index (χ2v) is 11.6. The van der Waals surface area contributed by atoms with E-state index < -0.39 is 15.9 Å². The number of aromatic amines is 1. The maximum Gasteiger partial charge on any atom is 0.251 e. The minimum atomic E-state index is -3.25. The van der Waals surface area contributed by atoms with Gasteiger partial charge in [0.2, 0.25) is 10.0 Å². The Morgan fingerprint density at radius 1 is 1.31 bits per heavy atom. The average molecular weight is 476 g/mol. The average Bonchev–Trinajstić information content (AvgIpc) is 3.42. The van der Waals surface area contributed by atoms with Gasteiger partial charge in [0, 0.05) is 35.0 Å². The fourth-order valence-electron chi connectivity index (χ4n) is 4.34. The van der Waals surface area contributed by atoms with Gasteiger partial charge in [0.25, 0.3) is 5.91 Å². The molecule has 32 heavy (non-hydrogen) atoms. The third kappa shape index (κ3) is 4.73. The molecule has 3 N–H and O–H groups in total. The molecule has 1 fully saturated rings. The predicted molar refractivity (Wildman–Crippen MR) is 128 cm³/mol. The van der Waals surface area contributed by atoms with Crippen LogP contribution in [0.3, 0.4) is 0 Å². The number of carbonyl (C=O) groups excluding carboxylic acids is 1. The molecule has 0 unspecified atom stereocenters. The summed E-state index contributed by atoms with van der Waals surface area (Å²) in [5.41, 5.74) is 8.51. The van der Waals surface area contributed by atoms with E-state index in [9.17, 15) is 13.2 Å². The van der Waals surface area contributed by atoms with Crippen LogP contribution in [0.2, 0.25) is 0 Å². The Kier molecular flexibility index (Phi) is 6.66. The van der Waals surface area contributed by atoms with E-state index in [-0.39, 0.29) is 11.7 Å². The maximum absolute atomic E-state index is 12.7. The van der Waals surface area contributed by atoms with E-state index in [0.717, 1.165) is 28.1 Å². The van der Waals surface area contributed by atoms with Crippen LogP contribution in [0.25, 0.3) is 21.3 Å². The van der Waals surface area contributed by atoms with Crippen molar-refractivity contribution in [1.29, 1.82) is 0 Å². The van der Waals surface area contributed by atoms with E-state index in [1.807, 2.05) is 36.5 Å². The van der Waals surface area contributed by atoms with Gasteiger partial charge in [-0.2, -0.15) is 5.10 Å². The fraction of sp³-hybridized carbons (Fsp3) is 0.455. The molecule has 10 heteroatoms. The molecule has 2 aromatic heterocycles. The van der Waals surface area contributed by atoms with E-state index in [1.165, 1.54) is 0 Å². The number of hydrogen-bond acceptors (Lipinski definition) is 6. The van der Waals surface area contributed by atoms with Crippen molar-refractivity contribution < 1.29 is 13.2 Å². The van der Waals surface area contributed by atoms with Crippen LogP contribution in [-0.2, 0) is 10.0 Å². The largest absolute Gasteiger partial charge is 0.366 e. The minimum absolute atomic E-state index is 0.146. The SMILES string of the molecule is CN(C)CCCS(=O)(=O)N1CCC(c2[nH]nc3c(C(N)=O)cc(-c4cccs4)cc23)CC1. The van der Waals surface area contributed by atoms with Crippen molar-refractivity contribution in [3.05, 3.63) is 40.9 Å². The number of hydrogen-bond donors (Lipinski definition) is 2. The monoisotopic (exact) mass is 475 g/mol. The number of carbonyl (C=O) groups is 1. The van der Waals surface area contributed by atoms with Gasteiger partial charge >= 0.3 is 0 Å². The molecular weight excluding hydrogens is 446 g/mol. The number of rotatable bonds is 8. The summed E-state index contributed by atoms with van der Waals surface area (Å²) in [5, 5.41) is 10.4. The molecule has 0 atom stereocenters. The number of benzene rings is 1. The summed E-state index contributed by atoms with van der Waals surface area (Å²) in [6.45, 7) is 1.73. The lowest BCUT2D eigenvalue weighted by molar-refractivity contribution is 0.100. The Labute approximate surface area is 192 Å². The van der Waals surface area contributed by atoms with Crippen LogP contribution in [0.15, 0.2) is 29.6 Å². The van der Waals surface area contributed by atoms with Gasteiger partial charge in [-0.1, -0.05) is 6.07 Å². The molecule has 0 aliphatic carbocycles. The van der Waals surface area contributed by atoms with Crippen molar-refractivity contribution in [3.63, 3.8) is 0 Å². The zero-order valence-electron chi connectivity index (χ0n) is 18.4. The number of fused-ring (bicyclic) bond motifs is 1. The molecule has 1 aliphatic heterocycles. The molecule has 4 rings (SSSR count). The number of nitrogens with zero attached hydrogens (tertiary/aromatic N) is 3. The van der Waals surface area contributed by atoms with E-state index in [4.69, 9.17) is 5.73 Å². The van der Waals surface area contributed by atoms with Crippen molar-refractivity contribution in [3.8, 4) is 10.4 Å². The van der Waals surface area contributed by atoms with Crippen LogP contribution < -0.4 is 5.73 Å². The second kappa shape index (κ2) is 9.30. The normalized spacial score (nSPS) is 16.2. The number of nitrogens with two attached hydrogens (primary N) is 1. The molecular formula is C22H29N5O3S2. The summed E-state index contributed by atoms with van der Waals surface area (Å²) in [6.07, 6.45) is 2.04. The quantitative estimate of drug-likeness (QED) is 0.520. The number of sulfonamides is 1. The Hall–Kier alpha value is -2.27. The first-order valence-electron chi connectivity index (χ1n) is 10.7. The van der Waals surface area contributed by atoms with Crippen LogP contribution in [0.1, 0.15) is 41.2 Å². The lowest BCUT2D eigenvalue weighted by Gasteiger charge is -2.31. The second-order valence-electron chi connectivity index (χ2n) is 8.54. The van der Waals surface area contributed by atoms with E-state index in [2.05, 4.69) is 16.3 Å². The first-order chi connectivity index (χ1) is 15.3. The third-order valence-electron chi connectivity index (χ3n) is 6.02. The molecule has 3 aromatic rings. The van der Waals surface area contributed by atoms with Gasteiger partial charge in [0.05, 0.1) is 11.3 Å². The predicted octanol–water partition coefficient (Wildman–Crippen LogP) is 2.85. The van der Waals surface area contributed by atoms with Gasteiger partial charge in [-0.3, -0.25) is 9.89 Å². The van der Waals surface area contributed by atoms with Gasteiger partial charge in [0.1, 0.15) is 5.52 Å². The molecule has 0 radical (unpaired) electrons. The maximum atomic E-state index is 12.7. The lowest BCUT2D eigenvalue weighted by atomic mass is 9.91. The zero-order valence-corrected chi connectivity index (χ0v) is 20.0. The molecule has 3 heterocycles. The molecule has 1 aromatic carbocycles. The summed E-state index contributed by atoms with van der Waals surface area (Å²) >= 11 is 1.60. The van der Waals surface area contributed by atoms with Crippen molar-refractivity contribution in [1.82, 2.24) is 19.4 Å². The van der Waals surface area contributed by atoms with E-state index in [1.54, 1.807) is 21.7 Å². The smallest absolute Gasteiger partial charge is 0.251 e. The number of piperidine rings is 1.